The summed E-state index contributed by atoms with van der Waals surface area (Å²) in [5.74, 6) is 1.07. The molecule has 9 nitrogen and oxygen atoms in total. The van der Waals surface area contributed by atoms with Crippen LogP contribution in [-0.4, -0.2) is 55.9 Å². The summed E-state index contributed by atoms with van der Waals surface area (Å²) in [5, 5.41) is 2.88. The summed E-state index contributed by atoms with van der Waals surface area (Å²) in [5.41, 5.74) is 1.08. The Kier molecular flexibility index (Phi) is 8.66. The average molecular weight is 453 g/mol. The van der Waals surface area contributed by atoms with Gasteiger partial charge in [-0.15, -0.1) is 0 Å². The predicted molar refractivity (Wildman–Crippen MR) is 115 cm³/mol. The van der Waals surface area contributed by atoms with Gasteiger partial charge < -0.3 is 24.3 Å². The van der Waals surface area contributed by atoms with Crippen LogP contribution in [0.25, 0.3) is 0 Å². The number of carbonyl (C=O) groups is 1. The lowest BCUT2D eigenvalue weighted by Gasteiger charge is -2.19. The second-order valence-electron chi connectivity index (χ2n) is 6.57. The SMILES string of the molecule is COCCNS(=O)(=O)c1ccc(C(=O)NC(C)c2cc(OC)c(OC)c(OC)c2)cc1. The highest BCUT2D eigenvalue weighted by molar-refractivity contribution is 7.89. The number of sulfonamides is 1. The maximum absolute atomic E-state index is 12.7. The number of nitrogens with one attached hydrogen (secondary N) is 2. The maximum Gasteiger partial charge on any atom is 0.251 e. The third-order valence-electron chi connectivity index (χ3n) is 4.56. The monoisotopic (exact) mass is 452 g/mol. The molecule has 0 aliphatic carbocycles. The standard InChI is InChI=1S/C21H28N2O7S/c1-14(16-12-18(28-3)20(30-5)19(13-16)29-4)23-21(24)15-6-8-17(9-7-15)31(25,26)22-10-11-27-2/h6-9,12-14,22H,10-11H2,1-5H3,(H,23,24). The van der Waals surface area contributed by atoms with Crippen LogP contribution >= 0.6 is 0 Å². The van der Waals surface area contributed by atoms with E-state index in [1.165, 1.54) is 52.7 Å². The van der Waals surface area contributed by atoms with Crippen molar-refractivity contribution in [1.82, 2.24) is 10.0 Å². The molecule has 1 atom stereocenters. The minimum atomic E-state index is -3.66. The summed E-state index contributed by atoms with van der Waals surface area (Å²) in [6.07, 6.45) is 0. The van der Waals surface area contributed by atoms with Crippen molar-refractivity contribution in [3.63, 3.8) is 0 Å². The van der Waals surface area contributed by atoms with Crippen LogP contribution in [0.2, 0.25) is 0 Å². The fraction of sp³-hybridized carbons (Fsp3) is 0.381. The number of rotatable bonds is 11. The Bertz CT molecular complexity index is 966. The first-order valence-electron chi connectivity index (χ1n) is 9.46. The van der Waals surface area contributed by atoms with Crippen LogP contribution in [0.15, 0.2) is 41.3 Å². The fourth-order valence-electron chi connectivity index (χ4n) is 2.86. The van der Waals surface area contributed by atoms with E-state index < -0.39 is 10.0 Å². The number of benzene rings is 2. The van der Waals surface area contributed by atoms with Gasteiger partial charge in [0.2, 0.25) is 15.8 Å². The van der Waals surface area contributed by atoms with Gasteiger partial charge in [0.05, 0.1) is 38.9 Å². The van der Waals surface area contributed by atoms with E-state index in [-0.39, 0.29) is 30.0 Å². The van der Waals surface area contributed by atoms with Crippen molar-refractivity contribution in [2.75, 3.05) is 41.6 Å². The van der Waals surface area contributed by atoms with E-state index in [1.807, 2.05) is 6.92 Å². The van der Waals surface area contributed by atoms with Crippen molar-refractivity contribution in [3.8, 4) is 17.2 Å². The molecule has 0 aliphatic heterocycles. The van der Waals surface area contributed by atoms with Crippen LogP contribution in [-0.2, 0) is 14.8 Å². The summed E-state index contributed by atoms with van der Waals surface area (Å²) in [7, 11) is 2.37. The highest BCUT2D eigenvalue weighted by Crippen LogP contribution is 2.39. The third-order valence-corrected chi connectivity index (χ3v) is 6.04. The molecule has 0 aromatic heterocycles. The van der Waals surface area contributed by atoms with E-state index in [4.69, 9.17) is 18.9 Å². The highest BCUT2D eigenvalue weighted by atomic mass is 32.2. The van der Waals surface area contributed by atoms with E-state index in [1.54, 1.807) is 12.1 Å². The van der Waals surface area contributed by atoms with Crippen LogP contribution in [0.1, 0.15) is 28.9 Å². The van der Waals surface area contributed by atoms with Crippen molar-refractivity contribution in [2.24, 2.45) is 0 Å². The molecule has 170 valence electrons. The topological polar surface area (TPSA) is 112 Å². The predicted octanol–water partition coefficient (Wildman–Crippen LogP) is 2.13. The first-order chi connectivity index (χ1) is 14.8. The Morgan fingerprint density at radius 1 is 0.968 bits per heavy atom. The minimum Gasteiger partial charge on any atom is -0.493 e. The molecule has 2 N–H and O–H groups in total. The number of amides is 1. The van der Waals surface area contributed by atoms with Gasteiger partial charge in [-0.05, 0) is 48.9 Å². The normalized spacial score (nSPS) is 12.2. The van der Waals surface area contributed by atoms with Gasteiger partial charge in [0.1, 0.15) is 0 Å². The highest BCUT2D eigenvalue weighted by Gasteiger charge is 2.19. The Balaban J connectivity index is 2.15. The minimum absolute atomic E-state index is 0.0674. The van der Waals surface area contributed by atoms with Gasteiger partial charge in [0.15, 0.2) is 11.5 Å². The van der Waals surface area contributed by atoms with Crippen molar-refractivity contribution in [2.45, 2.75) is 17.9 Å². The Morgan fingerprint density at radius 3 is 2.03 bits per heavy atom. The summed E-state index contributed by atoms with van der Waals surface area (Å²) in [6, 6.07) is 8.83. The molecule has 0 saturated heterocycles. The van der Waals surface area contributed by atoms with Gasteiger partial charge in [-0.1, -0.05) is 0 Å². The van der Waals surface area contributed by atoms with Crippen LogP contribution < -0.4 is 24.2 Å². The Hall–Kier alpha value is -2.82. The number of carbonyl (C=O) groups excluding carboxylic acids is 1. The van der Waals surface area contributed by atoms with Gasteiger partial charge in [0.25, 0.3) is 5.91 Å². The van der Waals surface area contributed by atoms with Gasteiger partial charge in [-0.25, -0.2) is 13.1 Å². The molecule has 0 fully saturated rings. The average Bonchev–Trinajstić information content (AvgIpc) is 2.77. The molecule has 0 heterocycles. The Morgan fingerprint density at radius 2 is 1.55 bits per heavy atom. The van der Waals surface area contributed by atoms with Gasteiger partial charge >= 0.3 is 0 Å². The van der Waals surface area contributed by atoms with E-state index in [0.29, 0.717) is 22.8 Å². The lowest BCUT2D eigenvalue weighted by atomic mass is 10.1. The third kappa shape index (κ3) is 6.09. The number of ether oxygens (including phenoxy) is 4. The lowest BCUT2D eigenvalue weighted by molar-refractivity contribution is 0.0939. The molecule has 0 radical (unpaired) electrons. The molecule has 31 heavy (non-hydrogen) atoms. The second-order valence-corrected chi connectivity index (χ2v) is 8.34. The van der Waals surface area contributed by atoms with Crippen molar-refractivity contribution < 1.29 is 32.2 Å². The van der Waals surface area contributed by atoms with Crippen molar-refractivity contribution in [1.29, 1.82) is 0 Å². The second kappa shape index (κ2) is 11.0. The molecule has 0 spiro atoms. The maximum atomic E-state index is 12.7. The molecule has 1 amide bonds. The van der Waals surface area contributed by atoms with Crippen LogP contribution in [0.3, 0.4) is 0 Å². The van der Waals surface area contributed by atoms with Crippen molar-refractivity contribution in [3.05, 3.63) is 47.5 Å². The molecule has 2 rings (SSSR count). The van der Waals surface area contributed by atoms with Crippen LogP contribution in [0, 0.1) is 0 Å². The molecule has 0 bridgehead atoms. The largest absolute Gasteiger partial charge is 0.493 e. The summed E-state index contributed by atoms with van der Waals surface area (Å²) in [6.45, 7) is 2.24. The zero-order chi connectivity index (χ0) is 23.0. The molecule has 2 aromatic rings. The van der Waals surface area contributed by atoms with Gasteiger partial charge in [-0.2, -0.15) is 0 Å². The van der Waals surface area contributed by atoms with E-state index in [0.717, 1.165) is 5.56 Å². The molecule has 10 heteroatoms. The number of methoxy groups -OCH3 is 4. The summed E-state index contributed by atoms with van der Waals surface area (Å²) >= 11 is 0. The quantitative estimate of drug-likeness (QED) is 0.502. The lowest BCUT2D eigenvalue weighted by Crippen LogP contribution is -2.28. The van der Waals surface area contributed by atoms with Gasteiger partial charge in [0, 0.05) is 19.2 Å². The summed E-state index contributed by atoms with van der Waals surface area (Å²) in [4.78, 5) is 12.7. The number of hydrogen-bond donors (Lipinski definition) is 2. The van der Waals surface area contributed by atoms with E-state index >= 15 is 0 Å². The molecular weight excluding hydrogens is 424 g/mol. The fourth-order valence-corrected chi connectivity index (χ4v) is 3.87. The smallest absolute Gasteiger partial charge is 0.251 e. The van der Waals surface area contributed by atoms with Crippen LogP contribution in [0.4, 0.5) is 0 Å². The zero-order valence-corrected chi connectivity index (χ0v) is 19.0. The molecule has 1 unspecified atom stereocenters. The number of hydrogen-bond acceptors (Lipinski definition) is 7. The Labute approximate surface area is 182 Å². The zero-order valence-electron chi connectivity index (χ0n) is 18.2. The van der Waals surface area contributed by atoms with E-state index in [2.05, 4.69) is 10.0 Å². The molecule has 2 aromatic carbocycles. The first kappa shape index (κ1) is 24.4. The molecule has 0 saturated carbocycles. The van der Waals surface area contributed by atoms with Gasteiger partial charge in [-0.3, -0.25) is 4.79 Å². The first-order valence-corrected chi connectivity index (χ1v) is 10.9. The molecular formula is C21H28N2O7S. The van der Waals surface area contributed by atoms with Crippen molar-refractivity contribution >= 4 is 15.9 Å². The van der Waals surface area contributed by atoms with E-state index in [9.17, 15) is 13.2 Å². The van der Waals surface area contributed by atoms with Crippen LogP contribution in [0.5, 0.6) is 17.2 Å². The molecule has 0 aliphatic rings. The summed E-state index contributed by atoms with van der Waals surface area (Å²) < 4.78 is 47.7.